The molecule has 2 atom stereocenters. The summed E-state index contributed by atoms with van der Waals surface area (Å²) in [6, 6.07) is 4.96. The van der Waals surface area contributed by atoms with Gasteiger partial charge in [0.05, 0.1) is 35.1 Å². The molecule has 10 heteroatoms. The predicted molar refractivity (Wildman–Crippen MR) is 109 cm³/mol. The zero-order valence-corrected chi connectivity index (χ0v) is 18.1. The summed E-state index contributed by atoms with van der Waals surface area (Å²) in [7, 11) is -7.41. The van der Waals surface area contributed by atoms with Crippen molar-refractivity contribution in [1.29, 1.82) is 0 Å². The number of hydrogen-bond donors (Lipinski definition) is 2. The summed E-state index contributed by atoms with van der Waals surface area (Å²) in [5, 5.41) is 2.44. The number of alkyl carbamates (subject to hydrolysis) is 1. The molecule has 1 aliphatic heterocycles. The highest BCUT2D eigenvalue weighted by molar-refractivity contribution is 7.92. The van der Waals surface area contributed by atoms with Crippen LogP contribution in [-0.4, -0.2) is 53.1 Å². The van der Waals surface area contributed by atoms with E-state index in [1.54, 1.807) is 19.1 Å². The molecule has 1 aromatic carbocycles. The number of rotatable bonds is 6. The van der Waals surface area contributed by atoms with E-state index in [4.69, 9.17) is 4.74 Å². The van der Waals surface area contributed by atoms with Gasteiger partial charge in [0.15, 0.2) is 9.84 Å². The van der Waals surface area contributed by atoms with E-state index in [2.05, 4.69) is 10.0 Å². The van der Waals surface area contributed by atoms with Crippen molar-refractivity contribution in [3.63, 3.8) is 0 Å². The third-order valence-electron chi connectivity index (χ3n) is 5.50. The molecule has 0 bridgehead atoms. The highest BCUT2D eigenvalue weighted by Gasteiger charge is 2.41. The topological polar surface area (TPSA) is 119 Å². The lowest BCUT2D eigenvalue weighted by Gasteiger charge is -2.22. The Labute approximate surface area is 172 Å². The first-order chi connectivity index (χ1) is 13.7. The summed E-state index contributed by atoms with van der Waals surface area (Å²) < 4.78 is 56.8. The van der Waals surface area contributed by atoms with Crippen LogP contribution in [0.5, 0.6) is 0 Å². The second-order valence-corrected chi connectivity index (χ2v) is 11.5. The molecule has 0 unspecified atom stereocenters. The number of carbonyl (C=O) groups is 1. The fourth-order valence-corrected chi connectivity index (χ4v) is 7.30. The Bertz CT molecular complexity index is 922. The summed E-state index contributed by atoms with van der Waals surface area (Å²) >= 11 is 0. The molecule has 1 saturated heterocycles. The van der Waals surface area contributed by atoms with Crippen LogP contribution in [0.3, 0.4) is 0 Å². The highest BCUT2D eigenvalue weighted by Crippen LogP contribution is 2.33. The van der Waals surface area contributed by atoms with Gasteiger partial charge in [-0.3, -0.25) is 0 Å². The van der Waals surface area contributed by atoms with Crippen LogP contribution in [0.1, 0.15) is 50.5 Å². The standard InChI is InChI=1S/C19H28N2O6S2/c1-2-27-19(22)20-17-12-28(23,24)13-18(17)21-29(25,26)16-10-8-15(9-11-16)14-6-4-3-5-7-14/h8-11,14,17-18,21H,2-7,12-13H2,1H3,(H,20,22)/t17-,18+/m1/s1. The number of carbonyl (C=O) groups excluding carboxylic acids is 1. The average Bonchev–Trinajstić information content (AvgIpc) is 2.95. The van der Waals surface area contributed by atoms with Crippen LogP contribution >= 0.6 is 0 Å². The summed E-state index contributed by atoms with van der Waals surface area (Å²) in [6.07, 6.45) is 5.10. The Balaban J connectivity index is 1.72. The van der Waals surface area contributed by atoms with Crippen molar-refractivity contribution in [1.82, 2.24) is 10.0 Å². The largest absolute Gasteiger partial charge is 0.450 e. The van der Waals surface area contributed by atoms with E-state index in [-0.39, 0.29) is 23.0 Å². The van der Waals surface area contributed by atoms with Crippen LogP contribution in [0, 0.1) is 0 Å². The molecule has 0 spiro atoms. The third kappa shape index (κ3) is 5.70. The van der Waals surface area contributed by atoms with Gasteiger partial charge in [-0.25, -0.2) is 26.4 Å². The normalized spacial score (nSPS) is 24.9. The SMILES string of the molecule is CCOC(=O)N[C@@H]1CS(=O)(=O)C[C@@H]1NS(=O)(=O)c1ccc(C2CCCCC2)cc1. The van der Waals surface area contributed by atoms with E-state index in [0.29, 0.717) is 5.92 Å². The molecule has 2 fully saturated rings. The number of benzene rings is 1. The molecule has 1 aliphatic carbocycles. The van der Waals surface area contributed by atoms with E-state index in [0.717, 1.165) is 18.4 Å². The van der Waals surface area contributed by atoms with Crippen molar-refractivity contribution in [3.8, 4) is 0 Å². The molecule has 2 aliphatic rings. The molecule has 3 rings (SSSR count). The fraction of sp³-hybridized carbons (Fsp3) is 0.632. The molecule has 29 heavy (non-hydrogen) atoms. The van der Waals surface area contributed by atoms with Crippen LogP contribution < -0.4 is 10.0 Å². The first kappa shape index (κ1) is 22.0. The Morgan fingerprint density at radius 3 is 2.31 bits per heavy atom. The molecule has 162 valence electrons. The maximum absolute atomic E-state index is 12.8. The molecular formula is C19H28N2O6S2. The van der Waals surface area contributed by atoms with Crippen LogP contribution in [0.15, 0.2) is 29.2 Å². The smallest absolute Gasteiger partial charge is 0.407 e. The molecule has 1 aromatic rings. The molecule has 0 aromatic heterocycles. The molecule has 8 nitrogen and oxygen atoms in total. The zero-order chi connectivity index (χ0) is 21.1. The van der Waals surface area contributed by atoms with Gasteiger partial charge < -0.3 is 10.1 Å². The van der Waals surface area contributed by atoms with Crippen molar-refractivity contribution in [2.45, 2.75) is 61.9 Å². The van der Waals surface area contributed by atoms with Gasteiger partial charge in [-0.2, -0.15) is 0 Å². The van der Waals surface area contributed by atoms with Gasteiger partial charge in [-0.05, 0) is 43.4 Å². The third-order valence-corrected chi connectivity index (χ3v) is 8.74. The Morgan fingerprint density at radius 1 is 1.07 bits per heavy atom. The van der Waals surface area contributed by atoms with Gasteiger partial charge in [0.2, 0.25) is 10.0 Å². The number of sulfonamides is 1. The average molecular weight is 445 g/mol. The minimum Gasteiger partial charge on any atom is -0.450 e. The van der Waals surface area contributed by atoms with Gasteiger partial charge in [0, 0.05) is 0 Å². The van der Waals surface area contributed by atoms with Crippen molar-refractivity contribution in [3.05, 3.63) is 29.8 Å². The lowest BCUT2D eigenvalue weighted by atomic mass is 9.84. The molecule has 1 heterocycles. The van der Waals surface area contributed by atoms with E-state index >= 15 is 0 Å². The van der Waals surface area contributed by atoms with Crippen LogP contribution in [0.25, 0.3) is 0 Å². The van der Waals surface area contributed by atoms with Crippen molar-refractivity contribution in [2.75, 3.05) is 18.1 Å². The number of hydrogen-bond acceptors (Lipinski definition) is 6. The molecule has 1 saturated carbocycles. The molecule has 1 amide bonds. The lowest BCUT2D eigenvalue weighted by Crippen LogP contribution is -2.50. The van der Waals surface area contributed by atoms with E-state index in [1.165, 1.54) is 19.3 Å². The number of amides is 1. The summed E-state index contributed by atoms with van der Waals surface area (Å²) in [5.74, 6) is -0.241. The quantitative estimate of drug-likeness (QED) is 0.692. The number of sulfone groups is 1. The molecule has 0 radical (unpaired) electrons. The minimum absolute atomic E-state index is 0.0799. The second kappa shape index (κ2) is 9.01. The number of nitrogens with one attached hydrogen (secondary N) is 2. The summed E-state index contributed by atoms with van der Waals surface area (Å²) in [6.45, 7) is 1.76. The summed E-state index contributed by atoms with van der Waals surface area (Å²) in [4.78, 5) is 11.8. The first-order valence-corrected chi connectivity index (χ1v) is 13.3. The van der Waals surface area contributed by atoms with Gasteiger partial charge in [0.25, 0.3) is 0 Å². The van der Waals surface area contributed by atoms with E-state index in [1.807, 2.05) is 12.1 Å². The van der Waals surface area contributed by atoms with Gasteiger partial charge in [-0.15, -0.1) is 0 Å². The number of ether oxygens (including phenoxy) is 1. The maximum atomic E-state index is 12.8. The van der Waals surface area contributed by atoms with Crippen molar-refractivity contribution < 1.29 is 26.4 Å². The predicted octanol–water partition coefficient (Wildman–Crippen LogP) is 1.92. The Morgan fingerprint density at radius 2 is 1.69 bits per heavy atom. The second-order valence-electron chi connectivity index (χ2n) is 7.68. The summed E-state index contributed by atoms with van der Waals surface area (Å²) in [5.41, 5.74) is 1.13. The minimum atomic E-state index is -3.93. The zero-order valence-electron chi connectivity index (χ0n) is 16.5. The van der Waals surface area contributed by atoms with Gasteiger partial charge in [-0.1, -0.05) is 31.4 Å². The van der Waals surface area contributed by atoms with E-state index in [9.17, 15) is 21.6 Å². The highest BCUT2D eigenvalue weighted by atomic mass is 32.2. The lowest BCUT2D eigenvalue weighted by molar-refractivity contribution is 0.148. The molecular weight excluding hydrogens is 416 g/mol. The van der Waals surface area contributed by atoms with Crippen molar-refractivity contribution in [2.24, 2.45) is 0 Å². The monoisotopic (exact) mass is 444 g/mol. The van der Waals surface area contributed by atoms with Gasteiger partial charge in [0.1, 0.15) is 0 Å². The van der Waals surface area contributed by atoms with Crippen molar-refractivity contribution >= 4 is 26.0 Å². The fourth-order valence-electron chi connectivity index (χ4n) is 4.05. The Hall–Kier alpha value is -1.65. The van der Waals surface area contributed by atoms with E-state index < -0.39 is 38.0 Å². The van der Waals surface area contributed by atoms with Gasteiger partial charge >= 0.3 is 6.09 Å². The Kier molecular flexibility index (Phi) is 6.85. The van der Waals surface area contributed by atoms with Crippen LogP contribution in [0.4, 0.5) is 4.79 Å². The first-order valence-electron chi connectivity index (χ1n) is 9.96. The van der Waals surface area contributed by atoms with Crippen LogP contribution in [-0.2, 0) is 24.6 Å². The molecule has 2 N–H and O–H groups in total. The maximum Gasteiger partial charge on any atom is 0.407 e. The van der Waals surface area contributed by atoms with Crippen LogP contribution in [0.2, 0.25) is 0 Å².